The summed E-state index contributed by atoms with van der Waals surface area (Å²) in [6, 6.07) is 14.2. The number of carbonyl (C=O) groups is 2. The van der Waals surface area contributed by atoms with Gasteiger partial charge in [0, 0.05) is 10.7 Å². The molecule has 2 aromatic rings. The van der Waals surface area contributed by atoms with E-state index in [2.05, 4.69) is 5.32 Å². The largest absolute Gasteiger partial charge is 0.465 e. The van der Waals surface area contributed by atoms with Gasteiger partial charge >= 0.3 is 5.97 Å². The second-order valence-electron chi connectivity index (χ2n) is 5.97. The van der Waals surface area contributed by atoms with E-state index < -0.39 is 11.4 Å². The van der Waals surface area contributed by atoms with Crippen LogP contribution in [-0.2, 0) is 14.9 Å². The van der Waals surface area contributed by atoms with Crippen LogP contribution in [-0.4, -0.2) is 19.0 Å². The third kappa shape index (κ3) is 3.02. The van der Waals surface area contributed by atoms with E-state index in [0.717, 1.165) is 24.8 Å². The summed E-state index contributed by atoms with van der Waals surface area (Å²) in [5, 5.41) is 3.59. The Balaban J connectivity index is 1.83. The summed E-state index contributed by atoms with van der Waals surface area (Å²) >= 11 is 5.95. The van der Waals surface area contributed by atoms with Crippen LogP contribution in [0.15, 0.2) is 48.5 Å². The molecule has 0 aliphatic heterocycles. The molecule has 0 aromatic heterocycles. The predicted octanol–water partition coefficient (Wildman–Crippen LogP) is 4.19. The fraction of sp³-hybridized carbons (Fsp3) is 0.263. The molecule has 0 bridgehead atoms. The van der Waals surface area contributed by atoms with Crippen molar-refractivity contribution in [1.82, 2.24) is 0 Å². The number of carbonyl (C=O) groups excluding carboxylic acids is 2. The zero-order valence-electron chi connectivity index (χ0n) is 13.3. The van der Waals surface area contributed by atoms with Crippen molar-refractivity contribution in [3.63, 3.8) is 0 Å². The van der Waals surface area contributed by atoms with E-state index in [4.69, 9.17) is 16.3 Å². The molecule has 1 aliphatic rings. The number of methoxy groups -OCH3 is 1. The van der Waals surface area contributed by atoms with Gasteiger partial charge < -0.3 is 10.1 Å². The van der Waals surface area contributed by atoms with E-state index in [1.807, 2.05) is 24.3 Å². The minimum Gasteiger partial charge on any atom is -0.465 e. The number of nitrogens with one attached hydrogen (secondary N) is 1. The van der Waals surface area contributed by atoms with Gasteiger partial charge in [0.05, 0.1) is 18.1 Å². The monoisotopic (exact) mass is 343 g/mol. The predicted molar refractivity (Wildman–Crippen MR) is 93.4 cm³/mol. The molecule has 2 aromatic carbocycles. The fourth-order valence-electron chi connectivity index (χ4n) is 3.04. The first kappa shape index (κ1) is 16.5. The molecular formula is C19H18ClNO3. The van der Waals surface area contributed by atoms with E-state index in [9.17, 15) is 9.59 Å². The van der Waals surface area contributed by atoms with Gasteiger partial charge in [-0.25, -0.2) is 4.79 Å². The van der Waals surface area contributed by atoms with Crippen LogP contribution < -0.4 is 5.32 Å². The lowest BCUT2D eigenvalue weighted by Gasteiger charge is -2.40. The summed E-state index contributed by atoms with van der Waals surface area (Å²) in [7, 11) is 1.33. The highest BCUT2D eigenvalue weighted by Gasteiger charge is 2.45. The molecule has 1 saturated carbocycles. The summed E-state index contributed by atoms with van der Waals surface area (Å²) in [6.07, 6.45) is 2.62. The number of amides is 1. The number of benzene rings is 2. The van der Waals surface area contributed by atoms with E-state index >= 15 is 0 Å². The van der Waals surface area contributed by atoms with Gasteiger partial charge in [-0.15, -0.1) is 0 Å². The zero-order valence-corrected chi connectivity index (χ0v) is 14.1. The number of hydrogen-bond acceptors (Lipinski definition) is 3. The number of anilines is 1. The number of esters is 1. The molecule has 0 heterocycles. The summed E-state index contributed by atoms with van der Waals surface area (Å²) in [5.74, 6) is -0.486. The average molecular weight is 344 g/mol. The molecule has 0 radical (unpaired) electrons. The first-order chi connectivity index (χ1) is 11.5. The fourth-order valence-corrected chi connectivity index (χ4v) is 3.16. The quantitative estimate of drug-likeness (QED) is 0.847. The molecule has 3 rings (SSSR count). The SMILES string of the molecule is COC(=O)c1cccc(NC(=O)C2(c3ccc(Cl)cc3)CCC2)c1. The van der Waals surface area contributed by atoms with E-state index in [1.54, 1.807) is 24.3 Å². The van der Waals surface area contributed by atoms with Crippen molar-refractivity contribution < 1.29 is 14.3 Å². The highest BCUT2D eigenvalue weighted by Crippen LogP contribution is 2.44. The molecule has 0 saturated heterocycles. The minimum atomic E-state index is -0.522. The average Bonchev–Trinajstić information content (AvgIpc) is 2.55. The van der Waals surface area contributed by atoms with Gasteiger partial charge in [-0.05, 0) is 48.7 Å². The Bertz CT molecular complexity index is 766. The van der Waals surface area contributed by atoms with Crippen LogP contribution in [0.4, 0.5) is 5.69 Å². The molecule has 4 nitrogen and oxygen atoms in total. The molecule has 0 atom stereocenters. The molecular weight excluding hydrogens is 326 g/mol. The lowest BCUT2D eigenvalue weighted by atomic mass is 9.64. The van der Waals surface area contributed by atoms with Gasteiger partial charge in [0.25, 0.3) is 0 Å². The highest BCUT2D eigenvalue weighted by atomic mass is 35.5. The number of rotatable bonds is 4. The van der Waals surface area contributed by atoms with E-state index in [-0.39, 0.29) is 5.91 Å². The molecule has 1 N–H and O–H groups in total. The molecule has 24 heavy (non-hydrogen) atoms. The maximum Gasteiger partial charge on any atom is 0.337 e. The van der Waals surface area contributed by atoms with Crippen molar-refractivity contribution in [2.24, 2.45) is 0 Å². The van der Waals surface area contributed by atoms with Gasteiger partial charge in [-0.1, -0.05) is 36.2 Å². The van der Waals surface area contributed by atoms with Gasteiger partial charge in [0.2, 0.25) is 5.91 Å². The third-order valence-corrected chi connectivity index (χ3v) is 4.83. The lowest BCUT2D eigenvalue weighted by molar-refractivity contribution is -0.124. The van der Waals surface area contributed by atoms with Crippen molar-refractivity contribution in [2.75, 3.05) is 12.4 Å². The Morgan fingerprint density at radius 2 is 1.83 bits per heavy atom. The molecule has 0 unspecified atom stereocenters. The normalized spacial score (nSPS) is 15.2. The summed E-state index contributed by atoms with van der Waals surface area (Å²) in [5.41, 5.74) is 1.44. The van der Waals surface area contributed by atoms with Gasteiger partial charge in [-0.3, -0.25) is 4.79 Å². The summed E-state index contributed by atoms with van der Waals surface area (Å²) < 4.78 is 4.71. The maximum atomic E-state index is 12.9. The lowest BCUT2D eigenvalue weighted by Crippen LogP contribution is -2.46. The number of hydrogen-bond donors (Lipinski definition) is 1. The van der Waals surface area contributed by atoms with Crippen molar-refractivity contribution in [1.29, 1.82) is 0 Å². The Morgan fingerprint density at radius 1 is 1.12 bits per heavy atom. The number of ether oxygens (including phenoxy) is 1. The molecule has 5 heteroatoms. The van der Waals surface area contributed by atoms with Crippen LogP contribution in [0.2, 0.25) is 5.02 Å². The first-order valence-corrected chi connectivity index (χ1v) is 8.19. The van der Waals surface area contributed by atoms with Crippen molar-refractivity contribution >= 4 is 29.2 Å². The second kappa shape index (κ2) is 6.65. The van der Waals surface area contributed by atoms with Crippen molar-refractivity contribution in [3.05, 3.63) is 64.7 Å². The second-order valence-corrected chi connectivity index (χ2v) is 6.41. The third-order valence-electron chi connectivity index (χ3n) is 4.58. The Labute approximate surface area is 145 Å². The summed E-state index contributed by atoms with van der Waals surface area (Å²) in [4.78, 5) is 24.5. The zero-order chi connectivity index (χ0) is 17.2. The van der Waals surface area contributed by atoms with Crippen LogP contribution in [0.5, 0.6) is 0 Å². The maximum absolute atomic E-state index is 12.9. The molecule has 124 valence electrons. The van der Waals surface area contributed by atoms with Crippen LogP contribution in [0.25, 0.3) is 0 Å². The topological polar surface area (TPSA) is 55.4 Å². The van der Waals surface area contributed by atoms with Crippen LogP contribution in [0, 0.1) is 0 Å². The molecule has 1 fully saturated rings. The van der Waals surface area contributed by atoms with Crippen LogP contribution in [0.1, 0.15) is 35.2 Å². The van der Waals surface area contributed by atoms with Gasteiger partial charge in [0.1, 0.15) is 0 Å². The van der Waals surface area contributed by atoms with Gasteiger partial charge in [-0.2, -0.15) is 0 Å². The Kier molecular flexibility index (Phi) is 4.58. The molecule has 1 aliphatic carbocycles. The number of halogens is 1. The molecule has 0 spiro atoms. The van der Waals surface area contributed by atoms with Crippen LogP contribution in [0.3, 0.4) is 0 Å². The van der Waals surface area contributed by atoms with E-state index in [0.29, 0.717) is 16.3 Å². The van der Waals surface area contributed by atoms with Crippen molar-refractivity contribution in [2.45, 2.75) is 24.7 Å². The first-order valence-electron chi connectivity index (χ1n) is 7.81. The minimum absolute atomic E-state index is 0.0573. The Hall–Kier alpha value is -2.33. The smallest absolute Gasteiger partial charge is 0.337 e. The highest BCUT2D eigenvalue weighted by molar-refractivity contribution is 6.30. The Morgan fingerprint density at radius 3 is 2.42 bits per heavy atom. The standard InChI is InChI=1S/C19H18ClNO3/c1-24-17(22)13-4-2-5-16(12-13)21-18(23)19(10-3-11-19)14-6-8-15(20)9-7-14/h2,4-9,12H,3,10-11H2,1H3,(H,21,23). The van der Waals surface area contributed by atoms with E-state index in [1.165, 1.54) is 7.11 Å². The van der Waals surface area contributed by atoms with Crippen LogP contribution >= 0.6 is 11.6 Å². The summed E-state index contributed by atoms with van der Waals surface area (Å²) in [6.45, 7) is 0. The van der Waals surface area contributed by atoms with Crippen molar-refractivity contribution in [3.8, 4) is 0 Å². The van der Waals surface area contributed by atoms with Gasteiger partial charge in [0.15, 0.2) is 0 Å². The molecule has 1 amide bonds.